The van der Waals surface area contributed by atoms with Crippen molar-refractivity contribution >= 4 is 0 Å². The van der Waals surface area contributed by atoms with Crippen LogP contribution in [0.15, 0.2) is 24.3 Å². The lowest BCUT2D eigenvalue weighted by atomic mass is 9.96. The van der Waals surface area contributed by atoms with E-state index in [1.807, 2.05) is 12.1 Å². The van der Waals surface area contributed by atoms with Gasteiger partial charge in [-0.05, 0) is 49.4 Å². The third-order valence-corrected chi connectivity index (χ3v) is 4.58. The van der Waals surface area contributed by atoms with Crippen LogP contribution < -0.4 is 10.5 Å². The van der Waals surface area contributed by atoms with E-state index in [4.69, 9.17) is 15.6 Å². The summed E-state index contributed by atoms with van der Waals surface area (Å²) in [7, 11) is 1.68. The van der Waals surface area contributed by atoms with Crippen molar-refractivity contribution in [2.45, 2.75) is 38.3 Å². The van der Waals surface area contributed by atoms with Crippen LogP contribution in [0.25, 0.3) is 0 Å². The Labute approximate surface area is 127 Å². The minimum absolute atomic E-state index is 0.131. The van der Waals surface area contributed by atoms with Crippen molar-refractivity contribution in [3.63, 3.8) is 0 Å². The Hall–Kier alpha value is -1.10. The van der Waals surface area contributed by atoms with Crippen LogP contribution in [0.1, 0.15) is 37.8 Å². The largest absolute Gasteiger partial charge is 0.497 e. The molecular formula is C17H28N2O2. The fraction of sp³-hybridized carbons (Fsp3) is 0.647. The number of nitrogens with two attached hydrogens (primary N) is 1. The Morgan fingerprint density at radius 3 is 2.67 bits per heavy atom. The van der Waals surface area contributed by atoms with E-state index >= 15 is 0 Å². The highest BCUT2D eigenvalue weighted by atomic mass is 16.5. The number of ether oxygens (including phenoxy) is 1. The molecule has 3 unspecified atom stereocenters. The smallest absolute Gasteiger partial charge is 0.118 e. The molecule has 0 bridgehead atoms. The highest BCUT2D eigenvalue weighted by molar-refractivity contribution is 5.30. The quantitative estimate of drug-likeness (QED) is 0.809. The Morgan fingerprint density at radius 1 is 1.38 bits per heavy atom. The Kier molecular flexibility index (Phi) is 6.03. The van der Waals surface area contributed by atoms with Gasteiger partial charge >= 0.3 is 0 Å². The molecule has 1 saturated heterocycles. The van der Waals surface area contributed by atoms with Gasteiger partial charge in [0.2, 0.25) is 0 Å². The molecule has 2 rings (SSSR count). The predicted octanol–water partition coefficient (Wildman–Crippen LogP) is 2.18. The van der Waals surface area contributed by atoms with Gasteiger partial charge in [-0.25, -0.2) is 0 Å². The molecule has 1 fully saturated rings. The molecule has 4 heteroatoms. The van der Waals surface area contributed by atoms with Crippen molar-refractivity contribution in [2.75, 3.05) is 26.8 Å². The number of nitrogens with zero attached hydrogens (tertiary/aromatic N) is 1. The lowest BCUT2D eigenvalue weighted by molar-refractivity contribution is 0.193. The molecule has 0 aliphatic carbocycles. The number of aliphatic hydroxyl groups excluding tert-OH is 1. The summed E-state index contributed by atoms with van der Waals surface area (Å²) >= 11 is 0. The fourth-order valence-electron chi connectivity index (χ4n) is 3.29. The van der Waals surface area contributed by atoms with Crippen molar-refractivity contribution in [1.82, 2.24) is 4.90 Å². The Morgan fingerprint density at radius 2 is 2.10 bits per heavy atom. The SMILES string of the molecule is CCC(N)C(c1ccc(OC)cc1)N1CCC(CCO)C1. The zero-order valence-corrected chi connectivity index (χ0v) is 13.2. The summed E-state index contributed by atoms with van der Waals surface area (Å²) in [5, 5.41) is 9.12. The molecular weight excluding hydrogens is 264 g/mol. The van der Waals surface area contributed by atoms with Crippen molar-refractivity contribution in [2.24, 2.45) is 11.7 Å². The molecule has 0 saturated carbocycles. The van der Waals surface area contributed by atoms with E-state index in [0.29, 0.717) is 5.92 Å². The summed E-state index contributed by atoms with van der Waals surface area (Å²) in [6.07, 6.45) is 3.01. The number of rotatable bonds is 7. The summed E-state index contributed by atoms with van der Waals surface area (Å²) in [5.74, 6) is 1.47. The lowest BCUT2D eigenvalue weighted by Gasteiger charge is -2.33. The molecule has 1 heterocycles. The van der Waals surface area contributed by atoms with Crippen LogP contribution in [0.4, 0.5) is 0 Å². The third kappa shape index (κ3) is 3.96. The van der Waals surface area contributed by atoms with Crippen LogP contribution in [-0.2, 0) is 0 Å². The average Bonchev–Trinajstić information content (AvgIpc) is 2.96. The first-order chi connectivity index (χ1) is 10.2. The van der Waals surface area contributed by atoms with Gasteiger partial charge < -0.3 is 15.6 Å². The second-order valence-corrected chi connectivity index (χ2v) is 5.95. The minimum Gasteiger partial charge on any atom is -0.497 e. The van der Waals surface area contributed by atoms with Crippen LogP contribution in [0.5, 0.6) is 5.75 Å². The van der Waals surface area contributed by atoms with E-state index in [1.54, 1.807) is 7.11 Å². The van der Waals surface area contributed by atoms with Crippen molar-refractivity contribution < 1.29 is 9.84 Å². The van der Waals surface area contributed by atoms with Crippen LogP contribution in [-0.4, -0.2) is 42.9 Å². The summed E-state index contributed by atoms with van der Waals surface area (Å²) in [6, 6.07) is 8.64. The standard InChI is InChI=1S/C17H28N2O2/c1-3-16(18)17(14-4-6-15(21-2)7-5-14)19-10-8-13(12-19)9-11-20/h4-7,13,16-17,20H,3,8-12,18H2,1-2H3. The lowest BCUT2D eigenvalue weighted by Crippen LogP contribution is -2.39. The van der Waals surface area contributed by atoms with Gasteiger partial charge in [0.15, 0.2) is 0 Å². The number of aliphatic hydroxyl groups is 1. The molecule has 0 amide bonds. The third-order valence-electron chi connectivity index (χ3n) is 4.58. The molecule has 1 aromatic carbocycles. The van der Waals surface area contributed by atoms with Crippen molar-refractivity contribution in [3.05, 3.63) is 29.8 Å². The molecule has 21 heavy (non-hydrogen) atoms. The predicted molar refractivity (Wildman–Crippen MR) is 85.4 cm³/mol. The molecule has 0 aromatic heterocycles. The number of methoxy groups -OCH3 is 1. The van der Waals surface area contributed by atoms with Gasteiger partial charge in [0.25, 0.3) is 0 Å². The monoisotopic (exact) mass is 292 g/mol. The van der Waals surface area contributed by atoms with E-state index in [9.17, 15) is 0 Å². The number of hydrogen-bond donors (Lipinski definition) is 2. The maximum Gasteiger partial charge on any atom is 0.118 e. The second-order valence-electron chi connectivity index (χ2n) is 5.95. The fourth-order valence-corrected chi connectivity index (χ4v) is 3.29. The molecule has 0 radical (unpaired) electrons. The normalized spacial score (nSPS) is 22.2. The van der Waals surface area contributed by atoms with Crippen LogP contribution in [0.2, 0.25) is 0 Å². The summed E-state index contributed by atoms with van der Waals surface area (Å²) in [4.78, 5) is 2.48. The first-order valence-electron chi connectivity index (χ1n) is 7.94. The highest BCUT2D eigenvalue weighted by Crippen LogP contribution is 2.32. The van der Waals surface area contributed by atoms with Crippen molar-refractivity contribution in [1.29, 1.82) is 0 Å². The van der Waals surface area contributed by atoms with Gasteiger partial charge in [-0.3, -0.25) is 4.90 Å². The zero-order valence-electron chi connectivity index (χ0n) is 13.2. The number of benzene rings is 1. The maximum atomic E-state index is 9.12. The van der Waals surface area contributed by atoms with Gasteiger partial charge in [0.1, 0.15) is 5.75 Å². The molecule has 118 valence electrons. The van der Waals surface area contributed by atoms with Gasteiger partial charge in [-0.1, -0.05) is 19.1 Å². The van der Waals surface area contributed by atoms with Gasteiger partial charge in [-0.15, -0.1) is 0 Å². The van der Waals surface area contributed by atoms with Gasteiger partial charge in [-0.2, -0.15) is 0 Å². The Balaban J connectivity index is 2.14. The molecule has 4 nitrogen and oxygen atoms in total. The maximum absolute atomic E-state index is 9.12. The number of hydrogen-bond acceptors (Lipinski definition) is 4. The summed E-state index contributed by atoms with van der Waals surface area (Å²) < 4.78 is 5.24. The van der Waals surface area contributed by atoms with Gasteiger partial charge in [0, 0.05) is 25.2 Å². The van der Waals surface area contributed by atoms with Gasteiger partial charge in [0.05, 0.1) is 7.11 Å². The number of likely N-dealkylation sites (tertiary alicyclic amines) is 1. The van der Waals surface area contributed by atoms with Crippen LogP contribution in [0, 0.1) is 5.92 Å². The second kappa shape index (κ2) is 7.78. The molecule has 1 aliphatic rings. The van der Waals surface area contributed by atoms with Crippen LogP contribution in [0.3, 0.4) is 0 Å². The van der Waals surface area contributed by atoms with E-state index < -0.39 is 0 Å². The van der Waals surface area contributed by atoms with Crippen LogP contribution >= 0.6 is 0 Å². The highest BCUT2D eigenvalue weighted by Gasteiger charge is 2.31. The molecule has 0 spiro atoms. The molecule has 1 aromatic rings. The zero-order chi connectivity index (χ0) is 15.2. The topological polar surface area (TPSA) is 58.7 Å². The molecule has 3 atom stereocenters. The average molecular weight is 292 g/mol. The first kappa shape index (κ1) is 16.3. The van der Waals surface area contributed by atoms with E-state index in [2.05, 4.69) is 24.0 Å². The Bertz CT molecular complexity index is 421. The van der Waals surface area contributed by atoms with Crippen molar-refractivity contribution in [3.8, 4) is 5.75 Å². The molecule has 1 aliphatic heterocycles. The molecule has 3 N–H and O–H groups in total. The van der Waals surface area contributed by atoms with E-state index in [1.165, 1.54) is 5.56 Å². The summed E-state index contributed by atoms with van der Waals surface area (Å²) in [5.41, 5.74) is 7.66. The summed E-state index contributed by atoms with van der Waals surface area (Å²) in [6.45, 7) is 4.52. The minimum atomic E-state index is 0.131. The first-order valence-corrected chi connectivity index (χ1v) is 7.94. The van der Waals surface area contributed by atoms with E-state index in [0.717, 1.165) is 38.1 Å². The van der Waals surface area contributed by atoms with E-state index in [-0.39, 0.29) is 18.7 Å².